The highest BCUT2D eigenvalue weighted by molar-refractivity contribution is 5.94. The Bertz CT molecular complexity index is 681. The van der Waals surface area contributed by atoms with E-state index in [1.807, 2.05) is 19.1 Å². The molecule has 0 atom stereocenters. The molecule has 0 bridgehead atoms. The molecule has 0 heterocycles. The lowest BCUT2D eigenvalue weighted by atomic mass is 10.1. The number of hydrogen-bond acceptors (Lipinski definition) is 4. The first kappa shape index (κ1) is 14.5. The van der Waals surface area contributed by atoms with Crippen LogP contribution in [-0.2, 0) is 6.54 Å². The monoisotopic (exact) mass is 286 g/mol. The summed E-state index contributed by atoms with van der Waals surface area (Å²) in [7, 11) is 0. The molecule has 108 valence electrons. The highest BCUT2D eigenvalue weighted by atomic mass is 16.6. The Morgan fingerprint density at radius 2 is 1.90 bits per heavy atom. The number of nitro benzene ring substituents is 1. The summed E-state index contributed by atoms with van der Waals surface area (Å²) in [5, 5.41) is 23.0. The Hall–Kier alpha value is -2.89. The molecule has 0 aliphatic carbocycles. The SMILES string of the molecule is Cc1ccc(C(=O)NCc2cc([N+](=O)[O-])ccc2O)cc1. The van der Waals surface area contributed by atoms with Gasteiger partial charge >= 0.3 is 0 Å². The number of phenolic OH excluding ortho intramolecular Hbond substituents is 1. The number of rotatable bonds is 4. The predicted octanol–water partition coefficient (Wildman–Crippen LogP) is 2.54. The number of hydrogen-bond donors (Lipinski definition) is 2. The smallest absolute Gasteiger partial charge is 0.270 e. The highest BCUT2D eigenvalue weighted by Crippen LogP contribution is 2.22. The van der Waals surface area contributed by atoms with E-state index in [4.69, 9.17) is 0 Å². The van der Waals surface area contributed by atoms with Gasteiger partial charge in [-0.3, -0.25) is 14.9 Å². The van der Waals surface area contributed by atoms with E-state index in [1.165, 1.54) is 18.2 Å². The molecule has 0 aromatic heterocycles. The summed E-state index contributed by atoms with van der Waals surface area (Å²) in [4.78, 5) is 22.1. The molecule has 6 nitrogen and oxygen atoms in total. The van der Waals surface area contributed by atoms with Crippen molar-refractivity contribution in [3.8, 4) is 5.75 Å². The van der Waals surface area contributed by atoms with Gasteiger partial charge in [-0.1, -0.05) is 17.7 Å². The first-order valence-corrected chi connectivity index (χ1v) is 6.28. The van der Waals surface area contributed by atoms with Crippen molar-refractivity contribution < 1.29 is 14.8 Å². The zero-order valence-electron chi connectivity index (χ0n) is 11.4. The normalized spacial score (nSPS) is 10.1. The van der Waals surface area contributed by atoms with Gasteiger partial charge in [0.25, 0.3) is 11.6 Å². The maximum absolute atomic E-state index is 11.9. The molecule has 6 heteroatoms. The minimum Gasteiger partial charge on any atom is -0.508 e. The number of non-ortho nitro benzene ring substituents is 1. The molecule has 0 spiro atoms. The van der Waals surface area contributed by atoms with Crippen molar-refractivity contribution in [3.05, 3.63) is 69.3 Å². The number of nitrogens with one attached hydrogen (secondary N) is 1. The van der Waals surface area contributed by atoms with Gasteiger partial charge in [-0.15, -0.1) is 0 Å². The highest BCUT2D eigenvalue weighted by Gasteiger charge is 2.11. The fourth-order valence-corrected chi connectivity index (χ4v) is 1.81. The zero-order chi connectivity index (χ0) is 15.4. The quantitative estimate of drug-likeness (QED) is 0.667. The number of phenols is 1. The molecule has 2 aromatic rings. The van der Waals surface area contributed by atoms with Crippen molar-refractivity contribution in [2.75, 3.05) is 0 Å². The molecule has 2 N–H and O–H groups in total. The van der Waals surface area contributed by atoms with Crippen LogP contribution in [0.2, 0.25) is 0 Å². The third-order valence-corrected chi connectivity index (χ3v) is 3.03. The number of amides is 1. The number of carbonyl (C=O) groups excluding carboxylic acids is 1. The maximum Gasteiger partial charge on any atom is 0.270 e. The van der Waals surface area contributed by atoms with E-state index >= 15 is 0 Å². The second-order valence-corrected chi connectivity index (χ2v) is 4.62. The molecular weight excluding hydrogens is 272 g/mol. The molecule has 0 fully saturated rings. The molecule has 1 amide bonds. The molecule has 0 saturated carbocycles. The van der Waals surface area contributed by atoms with Crippen molar-refractivity contribution in [1.29, 1.82) is 0 Å². The van der Waals surface area contributed by atoms with E-state index in [0.717, 1.165) is 5.56 Å². The van der Waals surface area contributed by atoms with Crippen LogP contribution in [0.25, 0.3) is 0 Å². The van der Waals surface area contributed by atoms with Gasteiger partial charge in [0.2, 0.25) is 0 Å². The van der Waals surface area contributed by atoms with Crippen molar-refractivity contribution >= 4 is 11.6 Å². The van der Waals surface area contributed by atoms with Crippen LogP contribution in [0.15, 0.2) is 42.5 Å². The summed E-state index contributed by atoms with van der Waals surface area (Å²) in [6.45, 7) is 1.93. The van der Waals surface area contributed by atoms with Crippen LogP contribution in [0.1, 0.15) is 21.5 Å². The van der Waals surface area contributed by atoms with Crippen LogP contribution in [-0.4, -0.2) is 15.9 Å². The van der Waals surface area contributed by atoms with Crippen molar-refractivity contribution in [1.82, 2.24) is 5.32 Å². The molecule has 0 unspecified atom stereocenters. The number of carbonyl (C=O) groups is 1. The van der Waals surface area contributed by atoms with Gasteiger partial charge in [-0.2, -0.15) is 0 Å². The predicted molar refractivity (Wildman–Crippen MR) is 77.1 cm³/mol. The maximum atomic E-state index is 11.9. The van der Waals surface area contributed by atoms with Gasteiger partial charge in [0.15, 0.2) is 0 Å². The van der Waals surface area contributed by atoms with E-state index in [1.54, 1.807) is 12.1 Å². The molecule has 0 aliphatic rings. The Labute approximate surface area is 121 Å². The minimum atomic E-state index is -0.551. The Morgan fingerprint density at radius 1 is 1.24 bits per heavy atom. The molecule has 2 aromatic carbocycles. The fraction of sp³-hybridized carbons (Fsp3) is 0.133. The van der Waals surface area contributed by atoms with E-state index in [2.05, 4.69) is 5.32 Å². The largest absolute Gasteiger partial charge is 0.508 e. The summed E-state index contributed by atoms with van der Waals surface area (Å²) in [6.07, 6.45) is 0. The number of nitro groups is 1. The zero-order valence-corrected chi connectivity index (χ0v) is 11.4. The van der Waals surface area contributed by atoms with Gasteiger partial charge in [-0.05, 0) is 25.1 Å². The van der Waals surface area contributed by atoms with Crippen LogP contribution in [0, 0.1) is 17.0 Å². The third-order valence-electron chi connectivity index (χ3n) is 3.03. The first-order chi connectivity index (χ1) is 9.97. The fourth-order valence-electron chi connectivity index (χ4n) is 1.81. The van der Waals surface area contributed by atoms with Crippen LogP contribution in [0.5, 0.6) is 5.75 Å². The third kappa shape index (κ3) is 3.56. The molecule has 0 radical (unpaired) electrons. The topological polar surface area (TPSA) is 92.5 Å². The second-order valence-electron chi connectivity index (χ2n) is 4.62. The Balaban J connectivity index is 2.09. The molecular formula is C15H14N2O4. The number of benzene rings is 2. The number of aromatic hydroxyl groups is 1. The summed E-state index contributed by atoms with van der Waals surface area (Å²) >= 11 is 0. The van der Waals surface area contributed by atoms with Gasteiger partial charge in [0.1, 0.15) is 5.75 Å². The molecule has 0 aliphatic heterocycles. The van der Waals surface area contributed by atoms with Crippen molar-refractivity contribution in [3.63, 3.8) is 0 Å². The Kier molecular flexibility index (Phi) is 4.18. The lowest BCUT2D eigenvalue weighted by Gasteiger charge is -2.07. The van der Waals surface area contributed by atoms with Crippen LogP contribution in [0.3, 0.4) is 0 Å². The minimum absolute atomic E-state index is 0.0141. The second kappa shape index (κ2) is 6.04. The first-order valence-electron chi connectivity index (χ1n) is 6.28. The number of nitrogens with zero attached hydrogens (tertiary/aromatic N) is 1. The summed E-state index contributed by atoms with van der Waals surface area (Å²) in [5.41, 5.74) is 1.70. The average molecular weight is 286 g/mol. The lowest BCUT2D eigenvalue weighted by Crippen LogP contribution is -2.22. The average Bonchev–Trinajstić information content (AvgIpc) is 2.46. The van der Waals surface area contributed by atoms with E-state index in [-0.39, 0.29) is 23.9 Å². The lowest BCUT2D eigenvalue weighted by molar-refractivity contribution is -0.384. The Morgan fingerprint density at radius 3 is 2.52 bits per heavy atom. The summed E-state index contributed by atoms with van der Waals surface area (Å²) in [6, 6.07) is 10.7. The van der Waals surface area contributed by atoms with Crippen molar-refractivity contribution in [2.45, 2.75) is 13.5 Å². The van der Waals surface area contributed by atoms with Gasteiger partial charge in [0.05, 0.1) is 4.92 Å². The standard InChI is InChI=1S/C15H14N2O4/c1-10-2-4-11(5-3-10)15(19)16-9-12-8-13(17(20)21)6-7-14(12)18/h2-8,18H,9H2,1H3,(H,16,19). The van der Waals surface area contributed by atoms with E-state index < -0.39 is 4.92 Å². The van der Waals surface area contributed by atoms with Gasteiger partial charge < -0.3 is 10.4 Å². The molecule has 21 heavy (non-hydrogen) atoms. The number of aryl methyl sites for hydroxylation is 1. The van der Waals surface area contributed by atoms with E-state index in [9.17, 15) is 20.0 Å². The van der Waals surface area contributed by atoms with Crippen LogP contribution >= 0.6 is 0 Å². The molecule has 0 saturated heterocycles. The van der Waals surface area contributed by atoms with Gasteiger partial charge in [0, 0.05) is 29.8 Å². The molecule has 2 rings (SSSR count). The van der Waals surface area contributed by atoms with E-state index in [0.29, 0.717) is 11.1 Å². The van der Waals surface area contributed by atoms with Crippen LogP contribution < -0.4 is 5.32 Å². The van der Waals surface area contributed by atoms with Crippen LogP contribution in [0.4, 0.5) is 5.69 Å². The summed E-state index contributed by atoms with van der Waals surface area (Å²) in [5.74, 6) is -0.397. The van der Waals surface area contributed by atoms with Crippen molar-refractivity contribution in [2.24, 2.45) is 0 Å². The van der Waals surface area contributed by atoms with Gasteiger partial charge in [-0.25, -0.2) is 0 Å². The summed E-state index contributed by atoms with van der Waals surface area (Å²) < 4.78 is 0.